The van der Waals surface area contributed by atoms with Gasteiger partial charge < -0.3 is 19.3 Å². The van der Waals surface area contributed by atoms with E-state index >= 15 is 0 Å². The molecule has 0 aliphatic heterocycles. The summed E-state index contributed by atoms with van der Waals surface area (Å²) in [5.74, 6) is 3.62. The molecule has 0 amide bonds. The maximum atomic E-state index is 9.32. The van der Waals surface area contributed by atoms with Gasteiger partial charge in [0.15, 0.2) is 6.79 Å². The van der Waals surface area contributed by atoms with Gasteiger partial charge in [-0.2, -0.15) is 0 Å². The lowest BCUT2D eigenvalue weighted by atomic mass is 9.48. The summed E-state index contributed by atoms with van der Waals surface area (Å²) in [5, 5.41) is 9.32. The first-order valence-corrected chi connectivity index (χ1v) is 12.8. The molecule has 1 N–H and O–H groups in total. The lowest BCUT2D eigenvalue weighted by molar-refractivity contribution is -0.0189. The smallest absolute Gasteiger partial charge is 0.189 e. The van der Waals surface area contributed by atoms with Crippen LogP contribution in [0, 0.1) is 17.8 Å². The molecule has 6 rings (SSSR count). The second-order valence-corrected chi connectivity index (χ2v) is 10.8. The first kappa shape index (κ1) is 23.6. The van der Waals surface area contributed by atoms with Crippen molar-refractivity contribution in [3.8, 4) is 5.75 Å². The Balaban J connectivity index is 1.44. The van der Waals surface area contributed by atoms with Gasteiger partial charge >= 0.3 is 0 Å². The maximum Gasteiger partial charge on any atom is 0.189 e. The summed E-state index contributed by atoms with van der Waals surface area (Å²) < 4.78 is 17.0. The van der Waals surface area contributed by atoms with Crippen LogP contribution in [0.2, 0.25) is 0 Å². The zero-order valence-corrected chi connectivity index (χ0v) is 20.6. The second kappa shape index (κ2) is 10.2. The molecule has 0 heterocycles. The number of benzene rings is 2. The summed E-state index contributed by atoms with van der Waals surface area (Å²) in [4.78, 5) is 0. The highest BCUT2D eigenvalue weighted by molar-refractivity contribution is 5.81. The van der Waals surface area contributed by atoms with Gasteiger partial charge in [0.25, 0.3) is 0 Å². The van der Waals surface area contributed by atoms with Crippen molar-refractivity contribution in [3.63, 3.8) is 0 Å². The summed E-state index contributed by atoms with van der Waals surface area (Å²) in [5.41, 5.74) is 6.22. The molecule has 0 radical (unpaired) electrons. The average molecular weight is 463 g/mol. The number of methoxy groups -OCH3 is 1. The minimum atomic E-state index is 0.0774. The van der Waals surface area contributed by atoms with E-state index in [4.69, 9.17) is 14.2 Å². The Kier molecular flexibility index (Phi) is 7.10. The molecule has 4 saturated carbocycles. The van der Waals surface area contributed by atoms with Crippen molar-refractivity contribution in [2.45, 2.75) is 57.5 Å². The highest BCUT2D eigenvalue weighted by Gasteiger charge is 2.52. The van der Waals surface area contributed by atoms with Crippen molar-refractivity contribution >= 4 is 11.6 Å². The Morgan fingerprint density at radius 3 is 2.26 bits per heavy atom. The lowest BCUT2D eigenvalue weighted by Gasteiger charge is -2.57. The standard InChI is InChI=1S/C30H38O4/c1-21(11-22-3-5-23(19-31)6-4-22)27-7-8-29(34-20-33-10-9-32-2)28(15-27)30-16-24-12-25(17-30)14-26(13-24)18-30/h3-8,11,15,24-26,31H,9-10,12-14,16-20H2,1-2H3. The number of hydrogen-bond donors (Lipinski definition) is 1. The number of aliphatic hydroxyl groups excluding tert-OH is 1. The molecule has 4 aliphatic carbocycles. The third-order valence-corrected chi connectivity index (χ3v) is 8.32. The van der Waals surface area contributed by atoms with Crippen LogP contribution in [0.25, 0.3) is 11.6 Å². The van der Waals surface area contributed by atoms with E-state index in [1.807, 2.05) is 12.1 Å². The van der Waals surface area contributed by atoms with Crippen LogP contribution in [0.4, 0.5) is 0 Å². The summed E-state index contributed by atoms with van der Waals surface area (Å²) in [7, 11) is 1.69. The molecular weight excluding hydrogens is 424 g/mol. The van der Waals surface area contributed by atoms with Crippen molar-refractivity contribution in [2.75, 3.05) is 27.1 Å². The van der Waals surface area contributed by atoms with Crippen molar-refractivity contribution in [2.24, 2.45) is 17.8 Å². The van der Waals surface area contributed by atoms with Crippen LogP contribution < -0.4 is 4.74 Å². The first-order chi connectivity index (χ1) is 16.6. The van der Waals surface area contributed by atoms with Crippen LogP contribution in [-0.2, 0) is 21.5 Å². The molecule has 0 unspecified atom stereocenters. The Labute approximate surface area is 203 Å². The normalized spacial score (nSPS) is 27.9. The molecule has 182 valence electrons. The minimum absolute atomic E-state index is 0.0774. The third-order valence-electron chi connectivity index (χ3n) is 8.32. The molecule has 2 aromatic rings. The zero-order valence-electron chi connectivity index (χ0n) is 20.6. The van der Waals surface area contributed by atoms with Crippen molar-refractivity contribution in [1.82, 2.24) is 0 Å². The molecule has 0 spiro atoms. The quantitative estimate of drug-likeness (QED) is 0.259. The summed E-state index contributed by atoms with van der Waals surface area (Å²) in [6.07, 6.45) is 10.4. The van der Waals surface area contributed by atoms with Gasteiger partial charge in [0.1, 0.15) is 5.75 Å². The van der Waals surface area contributed by atoms with Crippen molar-refractivity contribution < 1.29 is 19.3 Å². The van der Waals surface area contributed by atoms with E-state index in [9.17, 15) is 5.11 Å². The Morgan fingerprint density at radius 2 is 1.65 bits per heavy atom. The molecule has 0 atom stereocenters. The molecule has 2 aromatic carbocycles. The van der Waals surface area contributed by atoms with Gasteiger partial charge in [-0.1, -0.05) is 36.4 Å². The van der Waals surface area contributed by atoms with Crippen LogP contribution in [0.5, 0.6) is 5.75 Å². The zero-order chi connectivity index (χ0) is 23.5. The topological polar surface area (TPSA) is 47.9 Å². The molecule has 4 nitrogen and oxygen atoms in total. The Morgan fingerprint density at radius 1 is 0.971 bits per heavy atom. The van der Waals surface area contributed by atoms with Crippen LogP contribution in [-0.4, -0.2) is 32.2 Å². The molecule has 0 aromatic heterocycles. The molecular formula is C30H38O4. The maximum absolute atomic E-state index is 9.32. The molecule has 4 aliphatic rings. The van der Waals surface area contributed by atoms with Gasteiger partial charge in [-0.25, -0.2) is 0 Å². The molecule has 34 heavy (non-hydrogen) atoms. The Bertz CT molecular complexity index is 972. The van der Waals surface area contributed by atoms with Crippen LogP contribution in [0.3, 0.4) is 0 Å². The molecule has 4 fully saturated rings. The van der Waals surface area contributed by atoms with E-state index in [0.717, 1.165) is 34.6 Å². The molecule has 4 heteroatoms. The fourth-order valence-electron chi connectivity index (χ4n) is 7.12. The van der Waals surface area contributed by atoms with E-state index in [-0.39, 0.29) is 18.8 Å². The fourth-order valence-corrected chi connectivity index (χ4v) is 7.12. The van der Waals surface area contributed by atoms with Crippen LogP contribution >= 0.6 is 0 Å². The van der Waals surface area contributed by atoms with E-state index in [1.165, 1.54) is 55.2 Å². The van der Waals surface area contributed by atoms with E-state index < -0.39 is 0 Å². The average Bonchev–Trinajstić information content (AvgIpc) is 2.83. The number of aliphatic hydroxyl groups is 1. The van der Waals surface area contributed by atoms with Crippen LogP contribution in [0.15, 0.2) is 42.5 Å². The van der Waals surface area contributed by atoms with Gasteiger partial charge in [0, 0.05) is 12.7 Å². The minimum Gasteiger partial charge on any atom is -0.467 e. The molecule has 0 saturated heterocycles. The van der Waals surface area contributed by atoms with E-state index in [0.29, 0.717) is 13.2 Å². The highest BCUT2D eigenvalue weighted by atomic mass is 16.7. The van der Waals surface area contributed by atoms with E-state index in [2.05, 4.69) is 43.3 Å². The third kappa shape index (κ3) is 4.95. The summed E-state index contributed by atoms with van der Waals surface area (Å²) in [6, 6.07) is 14.9. The van der Waals surface area contributed by atoms with Gasteiger partial charge in [-0.3, -0.25) is 0 Å². The SMILES string of the molecule is COCCOCOc1ccc(C(C)=Cc2ccc(CO)cc2)cc1C12CC3CC(CC(C3)C1)C2. The lowest BCUT2D eigenvalue weighted by Crippen LogP contribution is -2.48. The predicted octanol–water partition coefficient (Wildman–Crippen LogP) is 6.21. The van der Waals surface area contributed by atoms with E-state index in [1.54, 1.807) is 7.11 Å². The summed E-state index contributed by atoms with van der Waals surface area (Å²) >= 11 is 0. The monoisotopic (exact) mass is 462 g/mol. The highest BCUT2D eigenvalue weighted by Crippen LogP contribution is 2.62. The first-order valence-electron chi connectivity index (χ1n) is 12.8. The largest absolute Gasteiger partial charge is 0.467 e. The number of hydrogen-bond acceptors (Lipinski definition) is 4. The summed E-state index contributed by atoms with van der Waals surface area (Å²) in [6.45, 7) is 3.64. The van der Waals surface area contributed by atoms with Gasteiger partial charge in [-0.05, 0) is 103 Å². The van der Waals surface area contributed by atoms with Crippen molar-refractivity contribution in [3.05, 3.63) is 64.7 Å². The van der Waals surface area contributed by atoms with Crippen LogP contribution in [0.1, 0.15) is 67.7 Å². The predicted molar refractivity (Wildman–Crippen MR) is 136 cm³/mol. The number of allylic oxidation sites excluding steroid dienone is 1. The Hall–Kier alpha value is -2.14. The fraction of sp³-hybridized carbons (Fsp3) is 0.533. The van der Waals surface area contributed by atoms with Crippen molar-refractivity contribution in [1.29, 1.82) is 0 Å². The second-order valence-electron chi connectivity index (χ2n) is 10.8. The van der Waals surface area contributed by atoms with Gasteiger partial charge in [0.2, 0.25) is 0 Å². The number of ether oxygens (including phenoxy) is 3. The molecule has 4 bridgehead atoms. The van der Waals surface area contributed by atoms with Gasteiger partial charge in [-0.15, -0.1) is 0 Å². The van der Waals surface area contributed by atoms with Gasteiger partial charge in [0.05, 0.1) is 19.8 Å². The number of rotatable bonds is 10.